The predicted molar refractivity (Wildman–Crippen MR) is 97.8 cm³/mol. The molecule has 8 heteroatoms. The van der Waals surface area contributed by atoms with Crippen LogP contribution in [-0.2, 0) is 22.9 Å². The van der Waals surface area contributed by atoms with E-state index in [1.807, 2.05) is 30.3 Å². The molecule has 0 spiro atoms. The summed E-state index contributed by atoms with van der Waals surface area (Å²) in [6.45, 7) is 1.47. The summed E-state index contributed by atoms with van der Waals surface area (Å²) in [6.07, 6.45) is 1.42. The molecule has 0 aliphatic carbocycles. The third-order valence-electron chi connectivity index (χ3n) is 3.85. The lowest BCUT2D eigenvalue weighted by atomic mass is 10.1. The van der Waals surface area contributed by atoms with Crippen molar-refractivity contribution in [2.75, 3.05) is 13.1 Å². The molecule has 0 saturated heterocycles. The normalized spacial score (nSPS) is 11.6. The maximum Gasteiger partial charge on any atom is 0.247 e. The summed E-state index contributed by atoms with van der Waals surface area (Å²) in [6, 6.07) is 16.2. The number of benzene rings is 2. The van der Waals surface area contributed by atoms with Crippen LogP contribution in [0.2, 0.25) is 0 Å². The minimum absolute atomic E-state index is 0.125. The third-order valence-corrected chi connectivity index (χ3v) is 4.77. The van der Waals surface area contributed by atoms with Gasteiger partial charge in [-0.3, -0.25) is 0 Å². The van der Waals surface area contributed by atoms with Crippen LogP contribution in [0.3, 0.4) is 0 Å². The summed E-state index contributed by atoms with van der Waals surface area (Å²) in [5.41, 5.74) is 1.94. The van der Waals surface area contributed by atoms with Crippen molar-refractivity contribution in [3.8, 4) is 11.5 Å². The van der Waals surface area contributed by atoms with E-state index in [1.165, 1.54) is 12.1 Å². The maximum absolute atomic E-state index is 11.2. The van der Waals surface area contributed by atoms with E-state index in [0.717, 1.165) is 24.1 Å². The van der Waals surface area contributed by atoms with Gasteiger partial charge in [0.05, 0.1) is 4.90 Å². The standard InChI is InChI=1S/C18H20N4O3S/c19-26(23,24)16-8-6-14(7-9-16)10-12-20-13-11-17-21-22-18(25-17)15-4-2-1-3-5-15/h1-9,20H,10-13H2,(H2,19,23,24). The molecule has 1 aromatic heterocycles. The Hall–Kier alpha value is -2.55. The Morgan fingerprint density at radius 3 is 2.31 bits per heavy atom. The molecule has 0 atom stereocenters. The van der Waals surface area contributed by atoms with E-state index < -0.39 is 10.0 Å². The van der Waals surface area contributed by atoms with Crippen molar-refractivity contribution in [1.82, 2.24) is 15.5 Å². The highest BCUT2D eigenvalue weighted by Crippen LogP contribution is 2.16. The number of hydrogen-bond donors (Lipinski definition) is 2. The van der Waals surface area contributed by atoms with Gasteiger partial charge in [0, 0.05) is 18.5 Å². The number of nitrogens with two attached hydrogens (primary N) is 1. The zero-order chi connectivity index (χ0) is 18.4. The van der Waals surface area contributed by atoms with Gasteiger partial charge in [0.2, 0.25) is 21.8 Å². The molecule has 0 fully saturated rings. The van der Waals surface area contributed by atoms with Crippen molar-refractivity contribution in [2.45, 2.75) is 17.7 Å². The Morgan fingerprint density at radius 2 is 1.62 bits per heavy atom. The first-order valence-corrected chi connectivity index (χ1v) is 9.77. The fraction of sp³-hybridized carbons (Fsp3) is 0.222. The Bertz CT molecular complexity index is 938. The summed E-state index contributed by atoms with van der Waals surface area (Å²) in [5, 5.41) is 16.5. The first-order chi connectivity index (χ1) is 12.5. The molecule has 0 unspecified atom stereocenters. The van der Waals surface area contributed by atoms with Crippen molar-refractivity contribution in [3.63, 3.8) is 0 Å². The molecule has 3 aromatic rings. The molecular formula is C18H20N4O3S. The van der Waals surface area contributed by atoms with Crippen LogP contribution in [0.25, 0.3) is 11.5 Å². The quantitative estimate of drug-likeness (QED) is 0.583. The van der Waals surface area contributed by atoms with Crippen LogP contribution in [0.5, 0.6) is 0 Å². The minimum atomic E-state index is -3.64. The van der Waals surface area contributed by atoms with Gasteiger partial charge in [-0.25, -0.2) is 13.6 Å². The fourth-order valence-electron chi connectivity index (χ4n) is 2.45. The first-order valence-electron chi connectivity index (χ1n) is 8.22. The number of primary sulfonamides is 1. The van der Waals surface area contributed by atoms with Crippen molar-refractivity contribution < 1.29 is 12.8 Å². The van der Waals surface area contributed by atoms with Crippen LogP contribution in [0.1, 0.15) is 11.5 Å². The highest BCUT2D eigenvalue weighted by Gasteiger charge is 2.08. The molecule has 3 N–H and O–H groups in total. The number of rotatable bonds is 8. The van der Waals surface area contributed by atoms with Gasteiger partial charge in [0.1, 0.15) is 0 Å². The van der Waals surface area contributed by atoms with E-state index in [0.29, 0.717) is 24.7 Å². The van der Waals surface area contributed by atoms with Crippen molar-refractivity contribution in [3.05, 3.63) is 66.1 Å². The first kappa shape index (κ1) is 18.2. The molecule has 0 amide bonds. The smallest absolute Gasteiger partial charge is 0.247 e. The van der Waals surface area contributed by atoms with Crippen molar-refractivity contribution >= 4 is 10.0 Å². The summed E-state index contributed by atoms with van der Waals surface area (Å²) >= 11 is 0. The molecule has 1 heterocycles. The van der Waals surface area contributed by atoms with Crippen molar-refractivity contribution in [1.29, 1.82) is 0 Å². The zero-order valence-corrected chi connectivity index (χ0v) is 14.9. The van der Waals surface area contributed by atoms with Crippen LogP contribution in [0, 0.1) is 0 Å². The fourth-order valence-corrected chi connectivity index (χ4v) is 2.97. The van der Waals surface area contributed by atoms with E-state index in [2.05, 4.69) is 15.5 Å². The minimum Gasteiger partial charge on any atom is -0.421 e. The summed E-state index contributed by atoms with van der Waals surface area (Å²) in [4.78, 5) is 0.125. The Kier molecular flexibility index (Phi) is 5.77. The van der Waals surface area contributed by atoms with Gasteiger partial charge in [-0.2, -0.15) is 0 Å². The van der Waals surface area contributed by atoms with Crippen LogP contribution in [-0.4, -0.2) is 31.7 Å². The van der Waals surface area contributed by atoms with Crippen LogP contribution in [0.4, 0.5) is 0 Å². The molecule has 0 aliphatic heterocycles. The Balaban J connectivity index is 1.41. The number of sulfonamides is 1. The third kappa shape index (κ3) is 4.98. The van der Waals surface area contributed by atoms with E-state index in [-0.39, 0.29) is 4.90 Å². The van der Waals surface area contributed by atoms with E-state index in [9.17, 15) is 8.42 Å². The average Bonchev–Trinajstić information content (AvgIpc) is 3.11. The molecule has 26 heavy (non-hydrogen) atoms. The van der Waals surface area contributed by atoms with Gasteiger partial charge >= 0.3 is 0 Å². The van der Waals surface area contributed by atoms with Gasteiger partial charge < -0.3 is 9.73 Å². The average molecular weight is 372 g/mol. The zero-order valence-electron chi connectivity index (χ0n) is 14.1. The molecule has 0 bridgehead atoms. The number of aromatic nitrogens is 2. The van der Waals surface area contributed by atoms with Crippen LogP contribution in [0.15, 0.2) is 63.9 Å². The number of nitrogens with one attached hydrogen (secondary N) is 1. The van der Waals surface area contributed by atoms with E-state index in [4.69, 9.17) is 9.56 Å². The lowest BCUT2D eigenvalue weighted by Crippen LogP contribution is -2.20. The maximum atomic E-state index is 11.2. The van der Waals surface area contributed by atoms with Gasteiger partial charge in [0.15, 0.2) is 0 Å². The second kappa shape index (κ2) is 8.22. The number of hydrogen-bond acceptors (Lipinski definition) is 6. The highest BCUT2D eigenvalue weighted by molar-refractivity contribution is 7.89. The van der Waals surface area contributed by atoms with Crippen LogP contribution < -0.4 is 10.5 Å². The Labute approximate surface area is 152 Å². The molecule has 0 saturated carbocycles. The summed E-state index contributed by atoms with van der Waals surface area (Å²) in [7, 11) is -3.64. The predicted octanol–water partition coefficient (Wildman–Crippen LogP) is 1.76. The molecular weight excluding hydrogens is 352 g/mol. The lowest BCUT2D eigenvalue weighted by Gasteiger charge is -2.04. The summed E-state index contributed by atoms with van der Waals surface area (Å²) in [5.74, 6) is 1.12. The van der Waals surface area contributed by atoms with Gasteiger partial charge in [-0.05, 0) is 42.8 Å². The van der Waals surface area contributed by atoms with Gasteiger partial charge in [-0.1, -0.05) is 30.3 Å². The Morgan fingerprint density at radius 1 is 0.923 bits per heavy atom. The second-order valence-electron chi connectivity index (χ2n) is 5.81. The largest absolute Gasteiger partial charge is 0.421 e. The molecule has 7 nitrogen and oxygen atoms in total. The highest BCUT2D eigenvalue weighted by atomic mass is 32.2. The van der Waals surface area contributed by atoms with Crippen molar-refractivity contribution in [2.24, 2.45) is 5.14 Å². The SMILES string of the molecule is NS(=O)(=O)c1ccc(CCNCCc2nnc(-c3ccccc3)o2)cc1. The monoisotopic (exact) mass is 372 g/mol. The summed E-state index contributed by atoms with van der Waals surface area (Å²) < 4.78 is 28.1. The number of nitrogens with zero attached hydrogens (tertiary/aromatic N) is 2. The molecule has 136 valence electrons. The van der Waals surface area contributed by atoms with E-state index >= 15 is 0 Å². The second-order valence-corrected chi connectivity index (χ2v) is 7.37. The molecule has 0 aliphatic rings. The molecule has 2 aromatic carbocycles. The molecule has 0 radical (unpaired) electrons. The van der Waals surface area contributed by atoms with Gasteiger partial charge in [0.25, 0.3) is 0 Å². The topological polar surface area (TPSA) is 111 Å². The lowest BCUT2D eigenvalue weighted by molar-refractivity contribution is 0.495. The van der Waals surface area contributed by atoms with Gasteiger partial charge in [-0.15, -0.1) is 10.2 Å². The molecule has 3 rings (SSSR count). The van der Waals surface area contributed by atoms with Crippen LogP contribution >= 0.6 is 0 Å². The van der Waals surface area contributed by atoms with E-state index in [1.54, 1.807) is 12.1 Å².